The first-order chi connectivity index (χ1) is 12.9. The van der Waals surface area contributed by atoms with E-state index in [4.69, 9.17) is 4.74 Å². The zero-order chi connectivity index (χ0) is 19.6. The zero-order valence-corrected chi connectivity index (χ0v) is 14.8. The molecule has 1 N–H and O–H groups in total. The van der Waals surface area contributed by atoms with Gasteiger partial charge >= 0.3 is 11.7 Å². The Morgan fingerprint density at radius 2 is 1.70 bits per heavy atom. The van der Waals surface area contributed by atoms with E-state index in [0.29, 0.717) is 5.56 Å². The van der Waals surface area contributed by atoms with E-state index in [1.807, 2.05) is 24.3 Å². The van der Waals surface area contributed by atoms with Crippen molar-refractivity contribution in [2.24, 2.45) is 14.1 Å². The third kappa shape index (κ3) is 3.64. The van der Waals surface area contributed by atoms with Crippen LogP contribution in [0.15, 0.2) is 58.1 Å². The van der Waals surface area contributed by atoms with Gasteiger partial charge in [0.05, 0.1) is 5.56 Å². The number of ether oxygens (including phenoxy) is 1. The molecule has 27 heavy (non-hydrogen) atoms. The molecule has 3 rings (SSSR count). The molecule has 0 aliphatic carbocycles. The SMILES string of the molecule is Cn1c(NC(=O)COC(=O)c2cccc3ccccc23)cc(=O)n(C)c1=O. The van der Waals surface area contributed by atoms with Gasteiger partial charge in [0.15, 0.2) is 6.61 Å². The molecule has 0 saturated carbocycles. The van der Waals surface area contributed by atoms with Crippen molar-refractivity contribution in [2.45, 2.75) is 0 Å². The molecule has 0 atom stereocenters. The third-order valence-corrected chi connectivity index (χ3v) is 4.14. The fourth-order valence-electron chi connectivity index (χ4n) is 2.64. The molecule has 0 fully saturated rings. The number of esters is 1. The minimum absolute atomic E-state index is 0.0225. The molecular weight excluding hydrogens is 350 g/mol. The van der Waals surface area contributed by atoms with Crippen molar-refractivity contribution >= 4 is 28.5 Å². The number of amides is 1. The summed E-state index contributed by atoms with van der Waals surface area (Å²) in [5.74, 6) is -1.28. The van der Waals surface area contributed by atoms with E-state index in [9.17, 15) is 19.2 Å². The first-order valence-corrected chi connectivity index (χ1v) is 8.10. The van der Waals surface area contributed by atoms with Crippen LogP contribution in [0.2, 0.25) is 0 Å². The highest BCUT2D eigenvalue weighted by Gasteiger charge is 2.14. The smallest absolute Gasteiger partial charge is 0.339 e. The molecule has 1 heterocycles. The van der Waals surface area contributed by atoms with E-state index in [1.165, 1.54) is 14.1 Å². The Morgan fingerprint density at radius 1 is 1.00 bits per heavy atom. The van der Waals surface area contributed by atoms with E-state index in [-0.39, 0.29) is 5.82 Å². The van der Waals surface area contributed by atoms with Gasteiger partial charge in [-0.15, -0.1) is 0 Å². The molecule has 0 unspecified atom stereocenters. The molecule has 1 amide bonds. The number of hydrogen-bond acceptors (Lipinski definition) is 5. The lowest BCUT2D eigenvalue weighted by Crippen LogP contribution is -2.38. The highest BCUT2D eigenvalue weighted by atomic mass is 16.5. The zero-order valence-electron chi connectivity index (χ0n) is 14.8. The summed E-state index contributed by atoms with van der Waals surface area (Å²) in [6.45, 7) is -0.550. The second-order valence-electron chi connectivity index (χ2n) is 5.92. The van der Waals surface area contributed by atoms with Crippen molar-refractivity contribution in [3.63, 3.8) is 0 Å². The van der Waals surface area contributed by atoms with Crippen LogP contribution in [-0.4, -0.2) is 27.6 Å². The molecule has 1 aromatic heterocycles. The van der Waals surface area contributed by atoms with Crippen LogP contribution >= 0.6 is 0 Å². The fraction of sp³-hybridized carbons (Fsp3) is 0.158. The van der Waals surface area contributed by atoms with Crippen LogP contribution in [0.4, 0.5) is 5.82 Å². The van der Waals surface area contributed by atoms with E-state index in [2.05, 4.69) is 5.32 Å². The van der Waals surface area contributed by atoms with Crippen LogP contribution in [0.1, 0.15) is 10.4 Å². The van der Waals surface area contributed by atoms with Gasteiger partial charge in [-0.1, -0.05) is 36.4 Å². The number of hydrogen-bond donors (Lipinski definition) is 1. The van der Waals surface area contributed by atoms with Gasteiger partial charge in [-0.2, -0.15) is 0 Å². The van der Waals surface area contributed by atoms with Gasteiger partial charge in [0.25, 0.3) is 11.5 Å². The summed E-state index contributed by atoms with van der Waals surface area (Å²) in [7, 11) is 2.75. The molecule has 0 aliphatic rings. The summed E-state index contributed by atoms with van der Waals surface area (Å²) in [6.07, 6.45) is 0. The standard InChI is InChI=1S/C19H17N3O5/c1-21-15(10-17(24)22(2)19(21)26)20-16(23)11-27-18(25)14-9-5-7-12-6-3-4-8-13(12)14/h3-10H,11H2,1-2H3,(H,20,23). The van der Waals surface area contributed by atoms with Gasteiger partial charge in [-0.3, -0.25) is 18.7 Å². The van der Waals surface area contributed by atoms with Crippen molar-refractivity contribution < 1.29 is 14.3 Å². The first kappa shape index (κ1) is 18.1. The number of anilines is 1. The molecule has 138 valence electrons. The van der Waals surface area contributed by atoms with E-state index in [0.717, 1.165) is 26.0 Å². The van der Waals surface area contributed by atoms with E-state index >= 15 is 0 Å². The van der Waals surface area contributed by atoms with Gasteiger partial charge in [0.1, 0.15) is 5.82 Å². The summed E-state index contributed by atoms with van der Waals surface area (Å²) in [6, 6.07) is 13.7. The van der Waals surface area contributed by atoms with Crippen LogP contribution in [0.3, 0.4) is 0 Å². The number of aromatic nitrogens is 2. The summed E-state index contributed by atoms with van der Waals surface area (Å²) < 4.78 is 7.10. The Bertz CT molecular complexity index is 1150. The number of benzene rings is 2. The second kappa shape index (κ2) is 7.28. The van der Waals surface area contributed by atoms with Gasteiger partial charge < -0.3 is 10.1 Å². The Morgan fingerprint density at radius 3 is 2.48 bits per heavy atom. The van der Waals surface area contributed by atoms with E-state index in [1.54, 1.807) is 18.2 Å². The largest absolute Gasteiger partial charge is 0.452 e. The molecule has 8 heteroatoms. The number of carbonyl (C=O) groups excluding carboxylic acids is 2. The highest BCUT2D eigenvalue weighted by molar-refractivity contribution is 6.05. The normalized spacial score (nSPS) is 10.6. The molecule has 2 aromatic carbocycles. The fourth-order valence-corrected chi connectivity index (χ4v) is 2.64. The summed E-state index contributed by atoms with van der Waals surface area (Å²) in [4.78, 5) is 47.9. The quantitative estimate of drug-likeness (QED) is 0.695. The van der Waals surface area contributed by atoms with Crippen molar-refractivity contribution in [1.82, 2.24) is 9.13 Å². The minimum atomic E-state index is -0.660. The molecule has 0 bridgehead atoms. The van der Waals surface area contributed by atoms with Crippen LogP contribution < -0.4 is 16.6 Å². The molecule has 0 saturated heterocycles. The highest BCUT2D eigenvalue weighted by Crippen LogP contribution is 2.19. The number of rotatable bonds is 4. The molecule has 0 spiro atoms. The maximum Gasteiger partial charge on any atom is 0.339 e. The van der Waals surface area contributed by atoms with Crippen LogP contribution in [0.25, 0.3) is 10.8 Å². The summed E-state index contributed by atoms with van der Waals surface area (Å²) in [5, 5.41) is 4.00. The average molecular weight is 367 g/mol. The van der Waals surface area contributed by atoms with Crippen molar-refractivity contribution in [1.29, 1.82) is 0 Å². The average Bonchev–Trinajstić information content (AvgIpc) is 2.68. The van der Waals surface area contributed by atoms with Gasteiger partial charge in [0.2, 0.25) is 0 Å². The summed E-state index contributed by atoms with van der Waals surface area (Å²) >= 11 is 0. The van der Waals surface area contributed by atoms with Gasteiger partial charge in [-0.25, -0.2) is 9.59 Å². The molecule has 3 aromatic rings. The maximum atomic E-state index is 12.3. The van der Waals surface area contributed by atoms with E-state index < -0.39 is 29.7 Å². The van der Waals surface area contributed by atoms with Gasteiger partial charge in [-0.05, 0) is 16.8 Å². The Labute approximate surface area is 153 Å². The number of fused-ring (bicyclic) bond motifs is 1. The predicted octanol–water partition coefficient (Wildman–Crippen LogP) is 1.03. The Kier molecular flexibility index (Phi) is 4.89. The Hall–Kier alpha value is -3.68. The molecular formula is C19H17N3O5. The summed E-state index contributed by atoms with van der Waals surface area (Å²) in [5.41, 5.74) is -0.784. The van der Waals surface area contributed by atoms with Crippen LogP contribution in [0.5, 0.6) is 0 Å². The van der Waals surface area contributed by atoms with Gasteiger partial charge in [0, 0.05) is 20.2 Å². The van der Waals surface area contributed by atoms with Crippen molar-refractivity contribution in [2.75, 3.05) is 11.9 Å². The number of nitrogens with zero attached hydrogens (tertiary/aromatic N) is 2. The van der Waals surface area contributed by atoms with Crippen LogP contribution in [0, 0.1) is 0 Å². The number of carbonyl (C=O) groups is 2. The predicted molar refractivity (Wildman–Crippen MR) is 99.8 cm³/mol. The van der Waals surface area contributed by atoms with Crippen molar-refractivity contribution in [3.05, 3.63) is 74.9 Å². The maximum absolute atomic E-state index is 12.3. The molecule has 0 aliphatic heterocycles. The lowest BCUT2D eigenvalue weighted by atomic mass is 10.1. The third-order valence-electron chi connectivity index (χ3n) is 4.14. The molecule has 0 radical (unpaired) electrons. The monoisotopic (exact) mass is 367 g/mol. The lowest BCUT2D eigenvalue weighted by molar-refractivity contribution is -0.119. The topological polar surface area (TPSA) is 99.4 Å². The lowest BCUT2D eigenvalue weighted by Gasteiger charge is -2.11. The second-order valence-corrected chi connectivity index (χ2v) is 5.92. The minimum Gasteiger partial charge on any atom is -0.452 e. The van der Waals surface area contributed by atoms with Crippen molar-refractivity contribution in [3.8, 4) is 0 Å². The number of nitrogens with one attached hydrogen (secondary N) is 1. The molecule has 8 nitrogen and oxygen atoms in total. The van der Waals surface area contributed by atoms with Crippen LogP contribution in [-0.2, 0) is 23.6 Å². The first-order valence-electron chi connectivity index (χ1n) is 8.10. The Balaban J connectivity index is 1.72.